The molecule has 0 bridgehead atoms. The second-order valence-corrected chi connectivity index (χ2v) is 6.03. The molecule has 23 heavy (non-hydrogen) atoms. The molecule has 1 N–H and O–H groups in total. The summed E-state index contributed by atoms with van der Waals surface area (Å²) in [5.41, 5.74) is 3.47. The second-order valence-electron chi connectivity index (χ2n) is 5.17. The van der Waals surface area contributed by atoms with E-state index in [9.17, 15) is 4.79 Å². The number of benzene rings is 1. The van der Waals surface area contributed by atoms with E-state index in [2.05, 4.69) is 15.3 Å². The predicted octanol–water partition coefficient (Wildman–Crippen LogP) is 3.52. The molecule has 2 aromatic heterocycles. The van der Waals surface area contributed by atoms with Crippen LogP contribution in [0.3, 0.4) is 0 Å². The summed E-state index contributed by atoms with van der Waals surface area (Å²) in [6.07, 6.45) is 3.44. The van der Waals surface area contributed by atoms with E-state index in [1.807, 2.05) is 60.8 Å². The van der Waals surface area contributed by atoms with Gasteiger partial charge in [0.2, 0.25) is 0 Å². The molecular formula is C17H16N4OS. The van der Waals surface area contributed by atoms with Crippen LogP contribution in [0.4, 0.5) is 10.8 Å². The number of pyridine rings is 1. The van der Waals surface area contributed by atoms with Gasteiger partial charge in [-0.25, -0.2) is 4.98 Å². The number of amides is 1. The first kappa shape index (κ1) is 15.2. The first-order valence-corrected chi connectivity index (χ1v) is 7.96. The Labute approximate surface area is 138 Å². The quantitative estimate of drug-likeness (QED) is 0.798. The van der Waals surface area contributed by atoms with Crippen LogP contribution in [0, 0.1) is 0 Å². The molecule has 0 unspecified atom stereocenters. The highest BCUT2D eigenvalue weighted by Gasteiger charge is 2.10. The van der Waals surface area contributed by atoms with Crippen LogP contribution < -0.4 is 10.2 Å². The minimum Gasteiger partial charge on any atom is -0.378 e. The summed E-state index contributed by atoms with van der Waals surface area (Å²) in [7, 11) is 3.93. The first-order valence-electron chi connectivity index (χ1n) is 7.08. The van der Waals surface area contributed by atoms with Crippen molar-refractivity contribution < 1.29 is 4.79 Å². The van der Waals surface area contributed by atoms with Crippen molar-refractivity contribution in [3.63, 3.8) is 0 Å². The molecule has 0 aliphatic rings. The van der Waals surface area contributed by atoms with Crippen molar-refractivity contribution in [2.75, 3.05) is 24.3 Å². The molecule has 0 fully saturated rings. The number of anilines is 2. The third-order valence-electron chi connectivity index (χ3n) is 3.35. The molecule has 3 aromatic rings. The first-order chi connectivity index (χ1) is 11.1. The molecule has 0 aliphatic heterocycles. The van der Waals surface area contributed by atoms with Crippen LogP contribution in [-0.4, -0.2) is 30.0 Å². The van der Waals surface area contributed by atoms with Gasteiger partial charge in [-0.3, -0.25) is 15.1 Å². The van der Waals surface area contributed by atoms with Gasteiger partial charge in [-0.1, -0.05) is 0 Å². The van der Waals surface area contributed by atoms with E-state index in [-0.39, 0.29) is 5.91 Å². The summed E-state index contributed by atoms with van der Waals surface area (Å²) in [5.74, 6) is -0.161. The topological polar surface area (TPSA) is 58.1 Å². The molecule has 0 saturated carbocycles. The summed E-state index contributed by atoms with van der Waals surface area (Å²) in [6, 6.07) is 11.2. The van der Waals surface area contributed by atoms with Gasteiger partial charge in [0, 0.05) is 48.7 Å². The number of rotatable bonds is 4. The Morgan fingerprint density at radius 2 is 1.78 bits per heavy atom. The summed E-state index contributed by atoms with van der Waals surface area (Å²) in [4.78, 5) is 22.7. The maximum Gasteiger partial charge on any atom is 0.257 e. The van der Waals surface area contributed by atoms with Gasteiger partial charge in [0.15, 0.2) is 5.13 Å². The Bertz CT molecular complexity index is 797. The molecule has 3 rings (SSSR count). The fraction of sp³-hybridized carbons (Fsp3) is 0.118. The van der Waals surface area contributed by atoms with Gasteiger partial charge >= 0.3 is 0 Å². The zero-order valence-corrected chi connectivity index (χ0v) is 13.7. The van der Waals surface area contributed by atoms with Crippen LogP contribution in [0.25, 0.3) is 11.3 Å². The van der Waals surface area contributed by atoms with Crippen molar-refractivity contribution in [2.45, 2.75) is 0 Å². The van der Waals surface area contributed by atoms with Gasteiger partial charge in [0.1, 0.15) is 0 Å². The fourth-order valence-electron chi connectivity index (χ4n) is 2.07. The van der Waals surface area contributed by atoms with Gasteiger partial charge in [0.25, 0.3) is 5.91 Å². The number of hydrogen-bond donors (Lipinski definition) is 1. The molecular weight excluding hydrogens is 308 g/mol. The SMILES string of the molecule is CN(C)c1ccc(C(=O)Nc2nc(-c3ccncc3)cs2)cc1. The van der Waals surface area contributed by atoms with Crippen LogP contribution in [0.2, 0.25) is 0 Å². The second kappa shape index (κ2) is 6.58. The zero-order chi connectivity index (χ0) is 16.2. The van der Waals surface area contributed by atoms with E-state index in [0.717, 1.165) is 16.9 Å². The van der Waals surface area contributed by atoms with Gasteiger partial charge in [-0.2, -0.15) is 0 Å². The standard InChI is InChI=1S/C17H16N4OS/c1-21(2)14-5-3-13(4-6-14)16(22)20-17-19-15(11-23-17)12-7-9-18-10-8-12/h3-11H,1-2H3,(H,19,20,22). The molecule has 0 atom stereocenters. The molecule has 0 spiro atoms. The van der Waals surface area contributed by atoms with Crippen molar-refractivity contribution in [1.82, 2.24) is 9.97 Å². The van der Waals surface area contributed by atoms with Crippen molar-refractivity contribution in [3.05, 3.63) is 59.7 Å². The van der Waals surface area contributed by atoms with Crippen molar-refractivity contribution in [2.24, 2.45) is 0 Å². The van der Waals surface area contributed by atoms with Gasteiger partial charge in [-0.05, 0) is 36.4 Å². The van der Waals surface area contributed by atoms with Crippen LogP contribution in [-0.2, 0) is 0 Å². The average molecular weight is 324 g/mol. The number of nitrogens with zero attached hydrogens (tertiary/aromatic N) is 3. The molecule has 2 heterocycles. The van der Waals surface area contributed by atoms with E-state index >= 15 is 0 Å². The molecule has 1 aromatic carbocycles. The van der Waals surface area contributed by atoms with E-state index in [1.165, 1.54) is 11.3 Å². The largest absolute Gasteiger partial charge is 0.378 e. The summed E-state index contributed by atoms with van der Waals surface area (Å²) in [6.45, 7) is 0. The normalized spacial score (nSPS) is 10.3. The zero-order valence-electron chi connectivity index (χ0n) is 12.9. The van der Waals surface area contributed by atoms with Crippen LogP contribution in [0.5, 0.6) is 0 Å². The monoisotopic (exact) mass is 324 g/mol. The number of hydrogen-bond acceptors (Lipinski definition) is 5. The van der Waals surface area contributed by atoms with Crippen molar-refractivity contribution >= 4 is 28.1 Å². The molecule has 0 saturated heterocycles. The third kappa shape index (κ3) is 3.54. The van der Waals surface area contributed by atoms with Crippen LogP contribution in [0.1, 0.15) is 10.4 Å². The van der Waals surface area contributed by atoms with Gasteiger partial charge in [0.05, 0.1) is 5.69 Å². The average Bonchev–Trinajstić information content (AvgIpc) is 3.04. The maximum atomic E-state index is 12.3. The number of nitrogens with one attached hydrogen (secondary N) is 1. The lowest BCUT2D eigenvalue weighted by Gasteiger charge is -2.12. The van der Waals surface area contributed by atoms with Gasteiger partial charge in [-0.15, -0.1) is 11.3 Å². The van der Waals surface area contributed by atoms with Crippen LogP contribution in [0.15, 0.2) is 54.2 Å². The Hall–Kier alpha value is -2.73. The smallest absolute Gasteiger partial charge is 0.257 e. The lowest BCUT2D eigenvalue weighted by atomic mass is 10.2. The Balaban J connectivity index is 1.72. The van der Waals surface area contributed by atoms with Crippen molar-refractivity contribution in [3.8, 4) is 11.3 Å². The highest BCUT2D eigenvalue weighted by Crippen LogP contribution is 2.24. The lowest BCUT2D eigenvalue weighted by molar-refractivity contribution is 0.102. The number of carbonyl (C=O) groups is 1. The summed E-state index contributed by atoms with van der Waals surface area (Å²) < 4.78 is 0. The van der Waals surface area contributed by atoms with E-state index in [1.54, 1.807) is 12.4 Å². The van der Waals surface area contributed by atoms with E-state index < -0.39 is 0 Å². The Kier molecular flexibility index (Phi) is 4.34. The Morgan fingerprint density at radius 1 is 1.09 bits per heavy atom. The fourth-order valence-corrected chi connectivity index (χ4v) is 2.78. The van der Waals surface area contributed by atoms with Gasteiger partial charge < -0.3 is 4.90 Å². The van der Waals surface area contributed by atoms with E-state index in [4.69, 9.17) is 0 Å². The number of thiazole rings is 1. The molecule has 116 valence electrons. The highest BCUT2D eigenvalue weighted by molar-refractivity contribution is 7.14. The molecule has 0 aliphatic carbocycles. The third-order valence-corrected chi connectivity index (χ3v) is 4.10. The molecule has 1 amide bonds. The molecule has 0 radical (unpaired) electrons. The van der Waals surface area contributed by atoms with Crippen molar-refractivity contribution in [1.29, 1.82) is 0 Å². The number of carbonyl (C=O) groups excluding carboxylic acids is 1. The lowest BCUT2D eigenvalue weighted by Crippen LogP contribution is -2.13. The minimum atomic E-state index is -0.161. The van der Waals surface area contributed by atoms with Crippen LogP contribution >= 0.6 is 11.3 Å². The summed E-state index contributed by atoms with van der Waals surface area (Å²) in [5, 5.41) is 5.33. The predicted molar refractivity (Wildman–Crippen MR) is 94.1 cm³/mol. The minimum absolute atomic E-state index is 0.161. The highest BCUT2D eigenvalue weighted by atomic mass is 32.1. The Morgan fingerprint density at radius 3 is 2.43 bits per heavy atom. The van der Waals surface area contributed by atoms with E-state index in [0.29, 0.717) is 10.7 Å². The molecule has 5 nitrogen and oxygen atoms in total. The molecule has 6 heteroatoms. The number of aromatic nitrogens is 2. The summed E-state index contributed by atoms with van der Waals surface area (Å²) >= 11 is 1.40. The maximum absolute atomic E-state index is 12.3.